The van der Waals surface area contributed by atoms with Crippen LogP contribution in [-0.4, -0.2) is 56.4 Å². The molecule has 2 bridgehead atoms. The Morgan fingerprint density at radius 2 is 2.18 bits per heavy atom. The summed E-state index contributed by atoms with van der Waals surface area (Å²) in [6, 6.07) is 3.06. The van der Waals surface area contributed by atoms with Crippen molar-refractivity contribution in [3.05, 3.63) is 35.9 Å². The first kappa shape index (κ1) is 18.3. The van der Waals surface area contributed by atoms with Gasteiger partial charge in [0.2, 0.25) is 0 Å². The number of ketones is 1. The Balaban J connectivity index is 1.74. The molecule has 8 nitrogen and oxygen atoms in total. The van der Waals surface area contributed by atoms with Gasteiger partial charge in [0.15, 0.2) is 23.4 Å². The lowest BCUT2D eigenvalue weighted by atomic mass is 9.49. The highest BCUT2D eigenvalue weighted by molar-refractivity contribution is 7.46. The van der Waals surface area contributed by atoms with E-state index in [-0.39, 0.29) is 29.7 Å². The molecule has 0 radical (unpaired) electrons. The SMILES string of the molecule is C=CCN1CC[C@]23c4c5ccc(OP(=O)(O)O)c4O[C@H]2C(=O)CC[C@@]3(O)[C@H]1C5. The summed E-state index contributed by atoms with van der Waals surface area (Å²) in [5, 5.41) is 11.9. The number of aliphatic hydroxyl groups is 1. The standard InChI is InChI=1S/C19H22NO7P/c1-2-8-20-9-7-18-15-11-3-4-13(27-28(23,24)25)16(15)26-17(18)12(21)5-6-19(18,22)14(20)10-11/h2-4,14,17,22H,1,5-10H2,(H2,23,24,25)/t14-,17+,18+,19-/m1/s1. The fourth-order valence-electron chi connectivity index (χ4n) is 5.99. The smallest absolute Gasteiger partial charge is 0.477 e. The van der Waals surface area contributed by atoms with E-state index in [0.717, 1.165) is 5.56 Å². The highest BCUT2D eigenvalue weighted by atomic mass is 31.2. The van der Waals surface area contributed by atoms with Crippen molar-refractivity contribution in [1.82, 2.24) is 4.90 Å². The third kappa shape index (κ3) is 2.15. The van der Waals surface area contributed by atoms with Gasteiger partial charge in [0, 0.05) is 31.1 Å². The molecule has 2 aliphatic carbocycles. The van der Waals surface area contributed by atoms with Crippen molar-refractivity contribution in [3.8, 4) is 11.5 Å². The Kier molecular flexibility index (Phi) is 3.72. The van der Waals surface area contributed by atoms with Gasteiger partial charge in [-0.1, -0.05) is 12.1 Å². The van der Waals surface area contributed by atoms with Crippen LogP contribution >= 0.6 is 7.82 Å². The van der Waals surface area contributed by atoms with Crippen LogP contribution in [0.1, 0.15) is 30.4 Å². The van der Waals surface area contributed by atoms with Gasteiger partial charge in [0.1, 0.15) is 0 Å². The van der Waals surface area contributed by atoms with E-state index in [1.165, 1.54) is 6.07 Å². The molecule has 1 saturated heterocycles. The molecule has 9 heteroatoms. The summed E-state index contributed by atoms with van der Waals surface area (Å²) in [4.78, 5) is 33.5. The molecule has 150 valence electrons. The van der Waals surface area contributed by atoms with Gasteiger partial charge in [0.05, 0.1) is 11.0 Å². The second-order valence-electron chi connectivity index (χ2n) is 8.12. The molecule has 2 heterocycles. The second kappa shape index (κ2) is 5.68. The number of carbonyl (C=O) groups excluding carboxylic acids is 1. The molecule has 1 spiro atoms. The Morgan fingerprint density at radius 1 is 1.39 bits per heavy atom. The lowest BCUT2D eigenvalue weighted by molar-refractivity contribution is -0.187. The number of benzene rings is 1. The average molecular weight is 407 g/mol. The second-order valence-corrected chi connectivity index (χ2v) is 9.29. The van der Waals surface area contributed by atoms with Gasteiger partial charge < -0.3 is 14.4 Å². The summed E-state index contributed by atoms with van der Waals surface area (Å²) in [6.07, 6.45) is 2.58. The number of Topliss-reactive ketones (excluding diaryl/α,β-unsaturated/α-hetero) is 1. The maximum absolute atomic E-state index is 12.8. The monoisotopic (exact) mass is 407 g/mol. The van der Waals surface area contributed by atoms with Gasteiger partial charge in [-0.25, -0.2) is 4.57 Å². The van der Waals surface area contributed by atoms with Crippen LogP contribution in [0.15, 0.2) is 24.8 Å². The number of nitrogens with zero attached hydrogens (tertiary/aromatic N) is 1. The molecule has 2 aliphatic heterocycles. The Hall–Kier alpha value is -1.70. The van der Waals surface area contributed by atoms with Gasteiger partial charge in [-0.15, -0.1) is 6.58 Å². The van der Waals surface area contributed by atoms with E-state index in [1.54, 1.807) is 6.07 Å². The fourth-order valence-corrected chi connectivity index (χ4v) is 6.39. The molecular weight excluding hydrogens is 385 g/mol. The first-order valence-corrected chi connectivity index (χ1v) is 10.9. The molecule has 28 heavy (non-hydrogen) atoms. The largest absolute Gasteiger partial charge is 0.524 e. The third-order valence-corrected chi connectivity index (χ3v) is 7.37. The zero-order valence-electron chi connectivity index (χ0n) is 15.2. The molecule has 4 aliphatic rings. The zero-order chi connectivity index (χ0) is 19.9. The topological polar surface area (TPSA) is 117 Å². The van der Waals surface area contributed by atoms with Crippen molar-refractivity contribution < 1.29 is 33.5 Å². The highest BCUT2D eigenvalue weighted by Crippen LogP contribution is 2.65. The number of likely N-dealkylation sites (tertiary alicyclic amines) is 1. The summed E-state index contributed by atoms with van der Waals surface area (Å²) in [5.74, 6) is 0.0138. The maximum atomic E-state index is 12.8. The summed E-state index contributed by atoms with van der Waals surface area (Å²) in [7, 11) is -4.80. The van der Waals surface area contributed by atoms with Gasteiger partial charge in [-0.3, -0.25) is 19.5 Å². The zero-order valence-corrected chi connectivity index (χ0v) is 16.1. The molecule has 0 amide bonds. The minimum absolute atomic E-state index is 0.0852. The van der Waals surface area contributed by atoms with Crippen molar-refractivity contribution in [2.45, 2.75) is 48.8 Å². The lowest BCUT2D eigenvalue weighted by Crippen LogP contribution is -2.76. The number of carbonyl (C=O) groups is 1. The summed E-state index contributed by atoms with van der Waals surface area (Å²) in [5.41, 5.74) is -0.463. The molecule has 2 fully saturated rings. The summed E-state index contributed by atoms with van der Waals surface area (Å²) < 4.78 is 22.3. The minimum Gasteiger partial charge on any atom is -0.477 e. The van der Waals surface area contributed by atoms with Crippen LogP contribution in [0.5, 0.6) is 11.5 Å². The minimum atomic E-state index is -4.80. The van der Waals surface area contributed by atoms with E-state index in [4.69, 9.17) is 9.26 Å². The number of hydrogen-bond acceptors (Lipinski definition) is 6. The Labute approximate surface area is 162 Å². The van der Waals surface area contributed by atoms with Gasteiger partial charge >= 0.3 is 7.82 Å². The molecule has 0 aromatic heterocycles. The van der Waals surface area contributed by atoms with Gasteiger partial charge in [0.25, 0.3) is 0 Å². The van der Waals surface area contributed by atoms with Crippen LogP contribution in [0.25, 0.3) is 0 Å². The number of piperidine rings is 1. The number of phosphoric ester groups is 1. The van der Waals surface area contributed by atoms with Crippen LogP contribution < -0.4 is 9.26 Å². The van der Waals surface area contributed by atoms with Crippen molar-refractivity contribution in [3.63, 3.8) is 0 Å². The molecular formula is C19H22NO7P. The quantitative estimate of drug-likeness (QED) is 0.501. The first-order chi connectivity index (χ1) is 13.2. The van der Waals surface area contributed by atoms with E-state index in [1.807, 2.05) is 6.08 Å². The van der Waals surface area contributed by atoms with Gasteiger partial charge in [-0.05, 0) is 30.9 Å². The number of ether oxygens (including phenoxy) is 1. The Bertz CT molecular complexity index is 942. The van der Waals surface area contributed by atoms with E-state index >= 15 is 0 Å². The molecule has 1 aromatic rings. The fraction of sp³-hybridized carbons (Fsp3) is 0.526. The molecule has 4 atom stereocenters. The molecule has 0 unspecified atom stereocenters. The van der Waals surface area contributed by atoms with Crippen molar-refractivity contribution in [2.24, 2.45) is 0 Å². The summed E-state index contributed by atoms with van der Waals surface area (Å²) in [6.45, 7) is 5.14. The predicted molar refractivity (Wildman–Crippen MR) is 98.3 cm³/mol. The molecule has 3 N–H and O–H groups in total. The van der Waals surface area contributed by atoms with Crippen molar-refractivity contribution >= 4 is 13.6 Å². The van der Waals surface area contributed by atoms with Crippen molar-refractivity contribution in [1.29, 1.82) is 0 Å². The molecule has 1 aromatic carbocycles. The number of hydrogen-bond donors (Lipinski definition) is 3. The van der Waals surface area contributed by atoms with Crippen LogP contribution in [0.3, 0.4) is 0 Å². The van der Waals surface area contributed by atoms with E-state index < -0.39 is 24.9 Å². The maximum Gasteiger partial charge on any atom is 0.524 e. The van der Waals surface area contributed by atoms with Crippen LogP contribution in [0, 0.1) is 0 Å². The molecule has 1 saturated carbocycles. The highest BCUT2D eigenvalue weighted by Gasteiger charge is 2.73. The van der Waals surface area contributed by atoms with Crippen molar-refractivity contribution in [2.75, 3.05) is 13.1 Å². The van der Waals surface area contributed by atoms with E-state index in [2.05, 4.69) is 11.5 Å². The summed E-state index contributed by atoms with van der Waals surface area (Å²) >= 11 is 0. The first-order valence-electron chi connectivity index (χ1n) is 9.39. The Morgan fingerprint density at radius 3 is 2.89 bits per heavy atom. The normalized spacial score (nSPS) is 35.9. The predicted octanol–water partition coefficient (Wildman–Crippen LogP) is 1.07. The van der Waals surface area contributed by atoms with Gasteiger partial charge in [-0.2, -0.15) is 0 Å². The van der Waals surface area contributed by atoms with Crippen LogP contribution in [0.4, 0.5) is 0 Å². The number of phosphoric acid groups is 1. The molecule has 5 rings (SSSR count). The lowest BCUT2D eigenvalue weighted by Gasteiger charge is -2.62. The van der Waals surface area contributed by atoms with E-state index in [0.29, 0.717) is 37.9 Å². The average Bonchev–Trinajstić information content (AvgIpc) is 2.97. The van der Waals surface area contributed by atoms with Crippen LogP contribution in [-0.2, 0) is 21.2 Å². The number of rotatable bonds is 4. The third-order valence-electron chi connectivity index (χ3n) is 6.93. The van der Waals surface area contributed by atoms with Crippen LogP contribution in [0.2, 0.25) is 0 Å². The van der Waals surface area contributed by atoms with E-state index in [9.17, 15) is 24.3 Å².